The first kappa shape index (κ1) is 27.9. The third-order valence-electron chi connectivity index (χ3n) is 4.75. The molecule has 1 fully saturated rings. The SMILES string of the molecule is CCCCN(CC(=O)N1CCNCC1)S(=O)(=O)c1cc(C)ccc1C.O=C(O)C(F)(F)F. The maximum Gasteiger partial charge on any atom is 0.490 e. The van der Waals surface area contributed by atoms with Crippen LogP contribution in [-0.4, -0.2) is 80.1 Å². The normalized spacial score (nSPS) is 14.7. The minimum absolute atomic E-state index is 0.0876. The molecule has 0 aromatic heterocycles. The van der Waals surface area contributed by atoms with Crippen molar-refractivity contribution in [3.05, 3.63) is 29.3 Å². The van der Waals surface area contributed by atoms with Gasteiger partial charge in [-0.1, -0.05) is 25.5 Å². The molecule has 1 amide bonds. The summed E-state index contributed by atoms with van der Waals surface area (Å²) in [5.41, 5.74) is 1.61. The minimum atomic E-state index is -5.08. The van der Waals surface area contributed by atoms with Crippen LogP contribution in [0.5, 0.6) is 0 Å². The number of carbonyl (C=O) groups is 2. The van der Waals surface area contributed by atoms with Gasteiger partial charge in [-0.05, 0) is 37.5 Å². The summed E-state index contributed by atoms with van der Waals surface area (Å²) in [6.45, 7) is 8.73. The van der Waals surface area contributed by atoms with Gasteiger partial charge in [0.05, 0.1) is 11.4 Å². The number of aliphatic carboxylic acids is 1. The first-order chi connectivity index (χ1) is 14.8. The monoisotopic (exact) mass is 481 g/mol. The number of rotatable bonds is 7. The summed E-state index contributed by atoms with van der Waals surface area (Å²) < 4.78 is 59.4. The Bertz CT molecular complexity index is 885. The molecule has 2 rings (SSSR count). The lowest BCUT2D eigenvalue weighted by Gasteiger charge is -2.30. The quantitative estimate of drug-likeness (QED) is 0.618. The van der Waals surface area contributed by atoms with Gasteiger partial charge in [0.1, 0.15) is 0 Å². The van der Waals surface area contributed by atoms with Crippen LogP contribution in [0.3, 0.4) is 0 Å². The predicted octanol–water partition coefficient (Wildman–Crippen LogP) is 2.16. The van der Waals surface area contributed by atoms with Gasteiger partial charge >= 0.3 is 12.1 Å². The van der Waals surface area contributed by atoms with Crippen LogP contribution in [0.2, 0.25) is 0 Å². The number of amides is 1. The van der Waals surface area contributed by atoms with Gasteiger partial charge in [0.25, 0.3) is 0 Å². The van der Waals surface area contributed by atoms with Gasteiger partial charge in [0.2, 0.25) is 15.9 Å². The molecular formula is C20H30F3N3O5S. The molecule has 0 bridgehead atoms. The number of unbranched alkanes of at least 4 members (excludes halogenated alkanes) is 1. The van der Waals surface area contributed by atoms with E-state index in [-0.39, 0.29) is 12.5 Å². The number of aryl methyl sites for hydroxylation is 2. The molecule has 1 aromatic carbocycles. The molecule has 0 aliphatic carbocycles. The highest BCUT2D eigenvalue weighted by Crippen LogP contribution is 2.22. The second-order valence-electron chi connectivity index (χ2n) is 7.39. The molecular weight excluding hydrogens is 451 g/mol. The highest BCUT2D eigenvalue weighted by atomic mass is 32.2. The number of halogens is 3. The van der Waals surface area contributed by atoms with Crippen LogP contribution < -0.4 is 5.32 Å². The van der Waals surface area contributed by atoms with Gasteiger partial charge in [-0.25, -0.2) is 13.2 Å². The molecule has 182 valence electrons. The van der Waals surface area contributed by atoms with Crippen LogP contribution in [-0.2, 0) is 19.6 Å². The molecule has 2 N–H and O–H groups in total. The Labute approximate surface area is 186 Å². The molecule has 1 saturated heterocycles. The Balaban J connectivity index is 0.000000633. The van der Waals surface area contributed by atoms with E-state index >= 15 is 0 Å². The highest BCUT2D eigenvalue weighted by Gasteiger charge is 2.38. The van der Waals surface area contributed by atoms with E-state index in [0.29, 0.717) is 30.1 Å². The van der Waals surface area contributed by atoms with Crippen LogP contribution in [0.15, 0.2) is 23.1 Å². The zero-order chi connectivity index (χ0) is 24.5. The Morgan fingerprint density at radius 2 is 1.75 bits per heavy atom. The van der Waals surface area contributed by atoms with Gasteiger partial charge in [-0.15, -0.1) is 0 Å². The number of hydrogen-bond acceptors (Lipinski definition) is 5. The van der Waals surface area contributed by atoms with Gasteiger partial charge in [0.15, 0.2) is 0 Å². The molecule has 1 aliphatic rings. The van der Waals surface area contributed by atoms with Crippen molar-refractivity contribution in [1.82, 2.24) is 14.5 Å². The van der Waals surface area contributed by atoms with Crippen molar-refractivity contribution in [2.75, 3.05) is 39.3 Å². The number of nitrogens with zero attached hydrogens (tertiary/aromatic N) is 2. The lowest BCUT2D eigenvalue weighted by molar-refractivity contribution is -0.192. The minimum Gasteiger partial charge on any atom is -0.475 e. The van der Waals surface area contributed by atoms with E-state index in [1.807, 2.05) is 26.0 Å². The Hall–Kier alpha value is -2.18. The maximum absolute atomic E-state index is 13.2. The predicted molar refractivity (Wildman–Crippen MR) is 113 cm³/mol. The van der Waals surface area contributed by atoms with Crippen molar-refractivity contribution < 1.29 is 36.3 Å². The third kappa shape index (κ3) is 8.40. The van der Waals surface area contributed by atoms with Crippen molar-refractivity contribution in [3.8, 4) is 0 Å². The summed E-state index contributed by atoms with van der Waals surface area (Å²) >= 11 is 0. The first-order valence-electron chi connectivity index (χ1n) is 10.2. The summed E-state index contributed by atoms with van der Waals surface area (Å²) in [4.78, 5) is 23.5. The molecule has 8 nitrogen and oxygen atoms in total. The van der Waals surface area contributed by atoms with E-state index in [1.54, 1.807) is 17.9 Å². The Morgan fingerprint density at radius 1 is 1.19 bits per heavy atom. The highest BCUT2D eigenvalue weighted by molar-refractivity contribution is 7.89. The summed E-state index contributed by atoms with van der Waals surface area (Å²) in [5, 5.41) is 10.3. The number of sulfonamides is 1. The molecule has 0 saturated carbocycles. The number of nitrogens with one attached hydrogen (secondary N) is 1. The number of carboxylic acids is 1. The topological polar surface area (TPSA) is 107 Å². The standard InChI is InChI=1S/C18H29N3O3S.C2HF3O2/c1-4-5-10-21(14-18(22)20-11-8-19-9-12-20)25(23,24)17-13-15(2)6-7-16(17)3;3-2(4,5)1(6)7/h6-7,13,19H,4-5,8-12,14H2,1-3H3;(H,6,7). The Morgan fingerprint density at radius 3 is 2.25 bits per heavy atom. The number of piperazine rings is 1. The van der Waals surface area contributed by atoms with Crippen molar-refractivity contribution in [2.45, 2.75) is 44.7 Å². The van der Waals surface area contributed by atoms with Crippen LogP contribution in [0.25, 0.3) is 0 Å². The number of alkyl halides is 3. The average Bonchev–Trinajstić information content (AvgIpc) is 2.72. The summed E-state index contributed by atoms with van der Waals surface area (Å²) in [6, 6.07) is 5.41. The molecule has 1 aliphatic heterocycles. The van der Waals surface area contributed by atoms with E-state index in [1.165, 1.54) is 4.31 Å². The molecule has 1 heterocycles. The lowest BCUT2D eigenvalue weighted by Crippen LogP contribution is -2.50. The van der Waals surface area contributed by atoms with E-state index in [2.05, 4.69) is 5.32 Å². The zero-order valence-electron chi connectivity index (χ0n) is 18.4. The van der Waals surface area contributed by atoms with Gasteiger partial charge in [0, 0.05) is 32.7 Å². The zero-order valence-corrected chi connectivity index (χ0v) is 19.2. The average molecular weight is 482 g/mol. The van der Waals surface area contributed by atoms with Gasteiger partial charge < -0.3 is 15.3 Å². The Kier molecular flexibility index (Phi) is 10.6. The number of carboxylic acid groups (broad SMARTS) is 1. The molecule has 32 heavy (non-hydrogen) atoms. The largest absolute Gasteiger partial charge is 0.490 e. The van der Waals surface area contributed by atoms with Crippen LogP contribution >= 0.6 is 0 Å². The van der Waals surface area contributed by atoms with E-state index in [0.717, 1.165) is 31.5 Å². The molecule has 0 radical (unpaired) electrons. The number of benzene rings is 1. The fourth-order valence-electron chi connectivity index (χ4n) is 2.91. The summed E-state index contributed by atoms with van der Waals surface area (Å²) in [5.74, 6) is -2.88. The molecule has 0 atom stereocenters. The van der Waals surface area contributed by atoms with E-state index < -0.39 is 22.2 Å². The van der Waals surface area contributed by atoms with Crippen molar-refractivity contribution in [1.29, 1.82) is 0 Å². The van der Waals surface area contributed by atoms with Crippen LogP contribution in [0, 0.1) is 13.8 Å². The molecule has 1 aromatic rings. The smallest absolute Gasteiger partial charge is 0.475 e. The fraction of sp³-hybridized carbons (Fsp3) is 0.600. The fourth-order valence-corrected chi connectivity index (χ4v) is 4.65. The third-order valence-corrected chi connectivity index (χ3v) is 6.73. The summed E-state index contributed by atoms with van der Waals surface area (Å²) in [6.07, 6.45) is -3.47. The van der Waals surface area contributed by atoms with E-state index in [9.17, 15) is 26.4 Å². The second kappa shape index (κ2) is 12.2. The molecule has 0 spiro atoms. The molecule has 12 heteroatoms. The number of hydrogen-bond donors (Lipinski definition) is 2. The number of carbonyl (C=O) groups excluding carboxylic acids is 1. The van der Waals surface area contributed by atoms with Crippen LogP contribution in [0.1, 0.15) is 30.9 Å². The van der Waals surface area contributed by atoms with Crippen molar-refractivity contribution in [3.63, 3.8) is 0 Å². The van der Waals surface area contributed by atoms with Gasteiger partial charge in [-0.3, -0.25) is 4.79 Å². The van der Waals surface area contributed by atoms with E-state index in [4.69, 9.17) is 9.90 Å². The molecule has 0 unspecified atom stereocenters. The second-order valence-corrected chi connectivity index (χ2v) is 9.30. The van der Waals surface area contributed by atoms with Crippen molar-refractivity contribution >= 4 is 21.9 Å². The summed E-state index contributed by atoms with van der Waals surface area (Å²) in [7, 11) is -3.69. The lowest BCUT2D eigenvalue weighted by atomic mass is 10.2. The van der Waals surface area contributed by atoms with Crippen LogP contribution in [0.4, 0.5) is 13.2 Å². The van der Waals surface area contributed by atoms with Crippen molar-refractivity contribution in [2.24, 2.45) is 0 Å². The first-order valence-corrected chi connectivity index (χ1v) is 11.6. The maximum atomic E-state index is 13.2. The van der Waals surface area contributed by atoms with Gasteiger partial charge in [-0.2, -0.15) is 17.5 Å².